The third-order valence-electron chi connectivity index (χ3n) is 4.72. The average Bonchev–Trinajstić information content (AvgIpc) is 2.74. The van der Waals surface area contributed by atoms with Crippen molar-refractivity contribution in [3.63, 3.8) is 0 Å². The van der Waals surface area contributed by atoms with Crippen LogP contribution in [0.25, 0.3) is 0 Å². The summed E-state index contributed by atoms with van der Waals surface area (Å²) in [7, 11) is -3.40. The highest BCUT2D eigenvalue weighted by Gasteiger charge is 2.29. The van der Waals surface area contributed by atoms with Crippen LogP contribution in [0.2, 0.25) is 0 Å². The number of rotatable bonds is 9. The molecule has 2 N–H and O–H groups in total. The standard InChI is InChI=1S/C20H32N3O6P/c1-4-27-20(25)23-12-10-22(11-13-23)19(24)18(21)15-16-8-7-9-17(14-16)30(26,28-5-2)29-6-3/h7-9,14,18H,4-6,10-13,15,21H2,1-3H3. The molecule has 1 heterocycles. The molecule has 1 atom stereocenters. The van der Waals surface area contributed by atoms with E-state index in [1.54, 1.807) is 48.8 Å². The first-order chi connectivity index (χ1) is 14.3. The summed E-state index contributed by atoms with van der Waals surface area (Å²) in [5, 5.41) is 0.450. The number of nitrogens with two attached hydrogens (primary N) is 1. The van der Waals surface area contributed by atoms with E-state index < -0.39 is 13.6 Å². The lowest BCUT2D eigenvalue weighted by Crippen LogP contribution is -2.54. The molecule has 0 spiro atoms. The van der Waals surface area contributed by atoms with Crippen LogP contribution in [-0.4, -0.2) is 73.8 Å². The van der Waals surface area contributed by atoms with E-state index in [4.69, 9.17) is 19.5 Å². The molecule has 0 aliphatic carbocycles. The van der Waals surface area contributed by atoms with Crippen molar-refractivity contribution in [1.82, 2.24) is 9.80 Å². The summed E-state index contributed by atoms with van der Waals surface area (Å²) in [5.74, 6) is -0.179. The lowest BCUT2D eigenvalue weighted by atomic mass is 10.1. The van der Waals surface area contributed by atoms with Crippen molar-refractivity contribution in [2.24, 2.45) is 5.73 Å². The second-order valence-electron chi connectivity index (χ2n) is 6.82. The van der Waals surface area contributed by atoms with E-state index in [-0.39, 0.29) is 25.2 Å². The van der Waals surface area contributed by atoms with Gasteiger partial charge in [-0.05, 0) is 44.9 Å². The Labute approximate surface area is 178 Å². The number of carbonyl (C=O) groups excluding carboxylic acids is 2. The van der Waals surface area contributed by atoms with Gasteiger partial charge in [0.05, 0.1) is 31.2 Å². The van der Waals surface area contributed by atoms with Crippen molar-refractivity contribution in [3.05, 3.63) is 29.8 Å². The number of ether oxygens (including phenoxy) is 1. The van der Waals surface area contributed by atoms with Crippen LogP contribution in [0.4, 0.5) is 4.79 Å². The minimum atomic E-state index is -3.40. The van der Waals surface area contributed by atoms with Crippen molar-refractivity contribution in [3.8, 4) is 0 Å². The largest absolute Gasteiger partial charge is 0.450 e. The minimum Gasteiger partial charge on any atom is -0.450 e. The Morgan fingerprint density at radius 3 is 2.20 bits per heavy atom. The Bertz CT molecular complexity index is 757. The Morgan fingerprint density at radius 2 is 1.63 bits per heavy atom. The first-order valence-electron chi connectivity index (χ1n) is 10.3. The molecule has 9 nitrogen and oxygen atoms in total. The Balaban J connectivity index is 1.99. The van der Waals surface area contributed by atoms with Crippen molar-refractivity contribution >= 4 is 24.9 Å². The van der Waals surface area contributed by atoms with Gasteiger partial charge < -0.3 is 29.3 Å². The number of carbonyl (C=O) groups is 2. The number of hydrogen-bond acceptors (Lipinski definition) is 7. The molecule has 0 saturated carbocycles. The third kappa shape index (κ3) is 6.28. The third-order valence-corrected chi connectivity index (χ3v) is 6.82. The molecule has 1 saturated heterocycles. The summed E-state index contributed by atoms with van der Waals surface area (Å²) in [4.78, 5) is 27.8. The molecule has 10 heteroatoms. The van der Waals surface area contributed by atoms with Gasteiger partial charge in [0, 0.05) is 26.2 Å². The van der Waals surface area contributed by atoms with Crippen molar-refractivity contribution in [2.45, 2.75) is 33.2 Å². The number of piperazine rings is 1. The van der Waals surface area contributed by atoms with E-state index in [9.17, 15) is 14.2 Å². The van der Waals surface area contributed by atoms with Gasteiger partial charge in [-0.3, -0.25) is 9.36 Å². The van der Waals surface area contributed by atoms with Gasteiger partial charge in [-0.15, -0.1) is 0 Å². The Kier molecular flexibility index (Phi) is 9.30. The second-order valence-corrected chi connectivity index (χ2v) is 8.85. The molecule has 1 aromatic rings. The topological polar surface area (TPSA) is 111 Å². The summed E-state index contributed by atoms with van der Waals surface area (Å²) in [6.07, 6.45) is -0.0676. The summed E-state index contributed by atoms with van der Waals surface area (Å²) in [5.41, 5.74) is 6.95. The molecular weight excluding hydrogens is 409 g/mol. The van der Waals surface area contributed by atoms with E-state index in [1.165, 1.54) is 0 Å². The molecule has 30 heavy (non-hydrogen) atoms. The van der Waals surface area contributed by atoms with Crippen LogP contribution in [0.1, 0.15) is 26.3 Å². The predicted octanol–water partition coefficient (Wildman–Crippen LogP) is 1.75. The van der Waals surface area contributed by atoms with Crippen LogP contribution in [0.5, 0.6) is 0 Å². The van der Waals surface area contributed by atoms with Crippen LogP contribution >= 0.6 is 7.60 Å². The maximum Gasteiger partial charge on any atom is 0.409 e. The highest BCUT2D eigenvalue weighted by Crippen LogP contribution is 2.46. The summed E-state index contributed by atoms with van der Waals surface area (Å²) in [6, 6.07) is 6.26. The first kappa shape index (κ1) is 24.3. The molecule has 1 unspecified atom stereocenters. The van der Waals surface area contributed by atoms with E-state index in [0.29, 0.717) is 44.5 Å². The van der Waals surface area contributed by atoms with E-state index >= 15 is 0 Å². The van der Waals surface area contributed by atoms with Crippen molar-refractivity contribution in [2.75, 3.05) is 46.0 Å². The zero-order valence-electron chi connectivity index (χ0n) is 17.9. The Hall–Kier alpha value is -1.93. The van der Waals surface area contributed by atoms with Gasteiger partial charge in [0.25, 0.3) is 0 Å². The fourth-order valence-corrected chi connectivity index (χ4v) is 4.93. The Morgan fingerprint density at radius 1 is 1.03 bits per heavy atom. The highest BCUT2D eigenvalue weighted by atomic mass is 31.2. The van der Waals surface area contributed by atoms with Crippen LogP contribution in [0.15, 0.2) is 24.3 Å². The molecule has 0 aromatic heterocycles. The molecule has 0 bridgehead atoms. The summed E-state index contributed by atoms with van der Waals surface area (Å²) in [6.45, 7) is 7.77. The zero-order valence-corrected chi connectivity index (χ0v) is 18.8. The van der Waals surface area contributed by atoms with Crippen LogP contribution in [-0.2, 0) is 29.6 Å². The van der Waals surface area contributed by atoms with Gasteiger partial charge in [0.1, 0.15) is 0 Å². The van der Waals surface area contributed by atoms with Crippen LogP contribution in [0, 0.1) is 0 Å². The van der Waals surface area contributed by atoms with Gasteiger partial charge >= 0.3 is 13.7 Å². The molecule has 0 radical (unpaired) electrons. The summed E-state index contributed by atoms with van der Waals surface area (Å²) >= 11 is 0. The van der Waals surface area contributed by atoms with Gasteiger partial charge in [-0.1, -0.05) is 12.1 Å². The van der Waals surface area contributed by atoms with Crippen molar-refractivity contribution < 1.29 is 27.9 Å². The van der Waals surface area contributed by atoms with Crippen LogP contribution < -0.4 is 11.0 Å². The van der Waals surface area contributed by atoms with Crippen molar-refractivity contribution in [1.29, 1.82) is 0 Å². The second kappa shape index (κ2) is 11.5. The monoisotopic (exact) mass is 441 g/mol. The van der Waals surface area contributed by atoms with E-state index in [0.717, 1.165) is 5.56 Å². The zero-order chi connectivity index (χ0) is 22.1. The van der Waals surface area contributed by atoms with E-state index in [1.807, 2.05) is 6.07 Å². The quantitative estimate of drug-likeness (QED) is 0.581. The first-order valence-corrected chi connectivity index (χ1v) is 11.8. The molecule has 168 valence electrons. The SMILES string of the molecule is CCOC(=O)N1CCN(C(=O)C(N)Cc2cccc(P(=O)(OCC)OCC)c2)CC1. The maximum atomic E-state index is 13.0. The molecule has 1 aliphatic heterocycles. The molecule has 1 aliphatic rings. The maximum absolute atomic E-state index is 13.0. The van der Waals surface area contributed by atoms with Gasteiger partial charge in [0.2, 0.25) is 5.91 Å². The van der Waals surface area contributed by atoms with Crippen LogP contribution in [0.3, 0.4) is 0 Å². The molecule has 2 rings (SSSR count). The van der Waals surface area contributed by atoms with Gasteiger partial charge in [0.15, 0.2) is 0 Å². The van der Waals surface area contributed by atoms with Gasteiger partial charge in [-0.25, -0.2) is 4.79 Å². The lowest BCUT2D eigenvalue weighted by molar-refractivity contribution is -0.134. The number of hydrogen-bond donors (Lipinski definition) is 1. The average molecular weight is 441 g/mol. The number of nitrogens with zero attached hydrogens (tertiary/aromatic N) is 2. The number of amides is 2. The lowest BCUT2D eigenvalue weighted by Gasteiger charge is -2.35. The smallest absolute Gasteiger partial charge is 0.409 e. The highest BCUT2D eigenvalue weighted by molar-refractivity contribution is 7.62. The predicted molar refractivity (Wildman–Crippen MR) is 114 cm³/mol. The minimum absolute atomic E-state index is 0.179. The van der Waals surface area contributed by atoms with E-state index in [2.05, 4.69) is 0 Å². The summed E-state index contributed by atoms with van der Waals surface area (Å²) < 4.78 is 28.7. The fourth-order valence-electron chi connectivity index (χ4n) is 3.28. The molecular formula is C20H32N3O6P. The van der Waals surface area contributed by atoms with Gasteiger partial charge in [-0.2, -0.15) is 0 Å². The molecule has 2 amide bonds. The molecule has 1 aromatic carbocycles. The molecule has 1 fully saturated rings. The normalized spacial score (nSPS) is 15.7. The number of benzene rings is 1. The fraction of sp³-hybridized carbons (Fsp3) is 0.600.